The summed E-state index contributed by atoms with van der Waals surface area (Å²) < 4.78 is 3.86. The molecule has 2 aliphatic carbocycles. The first-order chi connectivity index (χ1) is 19.4. The molecule has 4 aromatic rings. The van der Waals surface area contributed by atoms with Gasteiger partial charge in [-0.3, -0.25) is 4.79 Å². The van der Waals surface area contributed by atoms with E-state index in [9.17, 15) is 10.1 Å². The molecule has 40 heavy (non-hydrogen) atoms. The lowest BCUT2D eigenvalue weighted by Gasteiger charge is -2.46. The van der Waals surface area contributed by atoms with Gasteiger partial charge in [-0.1, -0.05) is 25.0 Å². The third-order valence-corrected chi connectivity index (χ3v) is 9.28. The summed E-state index contributed by atoms with van der Waals surface area (Å²) in [6.45, 7) is 2.98. The Morgan fingerprint density at radius 3 is 2.77 bits per heavy atom. The first kappa shape index (κ1) is 26.1. The first-order valence-electron chi connectivity index (χ1n) is 14.2. The Balaban J connectivity index is 1.38. The summed E-state index contributed by atoms with van der Waals surface area (Å²) in [6, 6.07) is 13.5. The molecule has 2 saturated carbocycles. The lowest BCUT2D eigenvalue weighted by molar-refractivity contribution is 0.100. The van der Waals surface area contributed by atoms with Gasteiger partial charge in [-0.15, -0.1) is 10.2 Å². The highest BCUT2D eigenvalue weighted by Crippen LogP contribution is 2.50. The van der Waals surface area contributed by atoms with Crippen LogP contribution in [0.15, 0.2) is 55.2 Å². The van der Waals surface area contributed by atoms with Gasteiger partial charge in [0.05, 0.1) is 11.6 Å². The monoisotopic (exact) mass is 536 g/mol. The Labute approximate surface area is 234 Å². The van der Waals surface area contributed by atoms with Crippen LogP contribution in [0.25, 0.3) is 5.65 Å². The number of amides is 1. The predicted octanol–water partition coefficient (Wildman–Crippen LogP) is 4.56. The minimum atomic E-state index is -0.474. The summed E-state index contributed by atoms with van der Waals surface area (Å²) in [5, 5.41) is 18.1. The molecule has 9 nitrogen and oxygen atoms in total. The zero-order valence-corrected chi connectivity index (χ0v) is 23.2. The molecular weight excluding hydrogens is 500 g/mol. The largest absolute Gasteiger partial charge is 0.365 e. The van der Waals surface area contributed by atoms with Crippen molar-refractivity contribution in [2.45, 2.75) is 69.9 Å². The number of nitriles is 1. The topological polar surface area (TPSA) is 118 Å². The fraction of sp³-hybridized carbons (Fsp3) is 0.452. The number of hydrogen-bond donors (Lipinski definition) is 1. The smallest absolute Gasteiger partial charge is 0.252 e. The standard InChI is InChI=1S/C31H36N8O/c1-21(24-6-3-4-7-24)39(19-22-12-27(29(33)40)30-34-10-11-38(30)18-22)26-9-5-8-25(13-26)31(14-23(15-31)17-32)16-28-36-35-20-37(28)2/h5,8-13,18,20-21,23-24H,3-4,6-7,14-16,19H2,1-2H3,(H2,33,40)/t21-,23?,31?/m0/s1. The minimum Gasteiger partial charge on any atom is -0.365 e. The van der Waals surface area contributed by atoms with E-state index in [-0.39, 0.29) is 11.3 Å². The maximum atomic E-state index is 12.3. The molecule has 1 atom stereocenters. The molecule has 2 aliphatic rings. The lowest BCUT2D eigenvalue weighted by atomic mass is 9.57. The van der Waals surface area contributed by atoms with Crippen molar-refractivity contribution in [3.8, 4) is 6.07 Å². The number of benzene rings is 1. The number of primary amides is 1. The average molecular weight is 537 g/mol. The van der Waals surface area contributed by atoms with Gasteiger partial charge in [0, 0.05) is 61.7 Å². The molecule has 1 amide bonds. The SMILES string of the molecule is C[C@@H](C1CCCC1)N(Cc1cc(C(N)=O)c2nccn2c1)c1cccc(C2(Cc3nncn3C)CC(C#N)C2)c1. The molecule has 1 aromatic carbocycles. The highest BCUT2D eigenvalue weighted by molar-refractivity contribution is 5.98. The van der Waals surface area contributed by atoms with Gasteiger partial charge in [0.15, 0.2) is 0 Å². The molecular formula is C31H36N8O. The fourth-order valence-corrected chi connectivity index (χ4v) is 6.96. The molecule has 6 rings (SSSR count). The maximum Gasteiger partial charge on any atom is 0.252 e. The molecule has 0 unspecified atom stereocenters. The van der Waals surface area contributed by atoms with Gasteiger partial charge in [-0.05, 0) is 67.9 Å². The number of rotatable bonds is 9. The van der Waals surface area contributed by atoms with Gasteiger partial charge in [-0.25, -0.2) is 4.98 Å². The van der Waals surface area contributed by atoms with Gasteiger partial charge in [-0.2, -0.15) is 5.26 Å². The second-order valence-electron chi connectivity index (χ2n) is 11.8. The van der Waals surface area contributed by atoms with Crippen LogP contribution in [0.1, 0.15) is 72.8 Å². The van der Waals surface area contributed by atoms with Crippen LogP contribution in [0.4, 0.5) is 5.69 Å². The molecule has 2 N–H and O–H groups in total. The summed E-state index contributed by atoms with van der Waals surface area (Å²) in [5.41, 5.74) is 10.0. The van der Waals surface area contributed by atoms with E-state index < -0.39 is 5.91 Å². The molecule has 206 valence electrons. The van der Waals surface area contributed by atoms with Crippen LogP contribution in [-0.2, 0) is 25.4 Å². The predicted molar refractivity (Wildman–Crippen MR) is 152 cm³/mol. The van der Waals surface area contributed by atoms with Gasteiger partial charge < -0.3 is 19.6 Å². The van der Waals surface area contributed by atoms with Crippen molar-refractivity contribution in [2.75, 3.05) is 4.90 Å². The first-order valence-corrected chi connectivity index (χ1v) is 14.2. The van der Waals surface area contributed by atoms with Crippen LogP contribution >= 0.6 is 0 Å². The Kier molecular flexibility index (Phi) is 6.78. The molecule has 3 aromatic heterocycles. The van der Waals surface area contributed by atoms with Crippen molar-refractivity contribution in [1.29, 1.82) is 5.26 Å². The molecule has 9 heteroatoms. The zero-order valence-electron chi connectivity index (χ0n) is 23.2. The number of imidazole rings is 1. The van der Waals surface area contributed by atoms with Gasteiger partial charge >= 0.3 is 0 Å². The molecule has 0 spiro atoms. The molecule has 3 heterocycles. The average Bonchev–Trinajstić information content (AvgIpc) is 3.71. The Hall–Kier alpha value is -4.19. The number of hydrogen-bond acceptors (Lipinski definition) is 6. The van der Waals surface area contributed by atoms with Gasteiger partial charge in [0.1, 0.15) is 17.8 Å². The third-order valence-electron chi connectivity index (χ3n) is 9.28. The summed E-state index contributed by atoms with van der Waals surface area (Å²) in [7, 11) is 1.97. The molecule has 0 radical (unpaired) electrons. The quantitative estimate of drug-likeness (QED) is 0.335. The number of aryl methyl sites for hydroxylation is 1. The van der Waals surface area contributed by atoms with Crippen molar-refractivity contribution in [1.82, 2.24) is 24.1 Å². The number of nitrogens with two attached hydrogens (primary N) is 1. The zero-order chi connectivity index (χ0) is 27.9. The second-order valence-corrected chi connectivity index (χ2v) is 11.8. The highest BCUT2D eigenvalue weighted by atomic mass is 16.1. The van der Waals surface area contributed by atoms with Crippen LogP contribution < -0.4 is 10.6 Å². The number of carbonyl (C=O) groups is 1. The van der Waals surface area contributed by atoms with Crippen LogP contribution in [0.5, 0.6) is 0 Å². The Morgan fingerprint density at radius 1 is 1.27 bits per heavy atom. The van der Waals surface area contributed by atoms with E-state index in [1.54, 1.807) is 12.5 Å². The van der Waals surface area contributed by atoms with Crippen molar-refractivity contribution in [3.05, 3.63) is 77.8 Å². The van der Waals surface area contributed by atoms with E-state index >= 15 is 0 Å². The second kappa shape index (κ2) is 10.4. The van der Waals surface area contributed by atoms with E-state index in [2.05, 4.69) is 57.3 Å². The van der Waals surface area contributed by atoms with Crippen molar-refractivity contribution in [2.24, 2.45) is 24.6 Å². The number of carbonyl (C=O) groups excluding carboxylic acids is 1. The van der Waals surface area contributed by atoms with E-state index in [0.717, 1.165) is 36.3 Å². The number of fused-ring (bicyclic) bond motifs is 1. The number of pyridine rings is 1. The van der Waals surface area contributed by atoms with Crippen LogP contribution in [-0.4, -0.2) is 36.1 Å². The molecule has 2 fully saturated rings. The van der Waals surface area contributed by atoms with Gasteiger partial charge in [0.25, 0.3) is 5.91 Å². The summed E-state index contributed by atoms with van der Waals surface area (Å²) >= 11 is 0. The van der Waals surface area contributed by atoms with E-state index in [1.807, 2.05) is 34.5 Å². The summed E-state index contributed by atoms with van der Waals surface area (Å²) in [4.78, 5) is 19.1. The minimum absolute atomic E-state index is 0.0551. The van der Waals surface area contributed by atoms with Crippen LogP contribution in [0, 0.1) is 23.2 Å². The Bertz CT molecular complexity index is 1570. The maximum absolute atomic E-state index is 12.3. The van der Waals surface area contributed by atoms with E-state index in [1.165, 1.54) is 31.2 Å². The van der Waals surface area contributed by atoms with E-state index in [0.29, 0.717) is 29.7 Å². The summed E-state index contributed by atoms with van der Waals surface area (Å²) in [6.07, 6.45) is 14.7. The fourth-order valence-electron chi connectivity index (χ4n) is 6.96. The lowest BCUT2D eigenvalue weighted by Crippen LogP contribution is -2.43. The molecule has 0 bridgehead atoms. The van der Waals surface area contributed by atoms with Crippen LogP contribution in [0.3, 0.4) is 0 Å². The normalized spacial score (nSPS) is 21.7. The number of aromatic nitrogens is 5. The van der Waals surface area contributed by atoms with Crippen molar-refractivity contribution in [3.63, 3.8) is 0 Å². The molecule has 0 saturated heterocycles. The van der Waals surface area contributed by atoms with E-state index in [4.69, 9.17) is 5.73 Å². The molecule has 0 aliphatic heterocycles. The van der Waals surface area contributed by atoms with Crippen molar-refractivity contribution >= 4 is 17.2 Å². The number of anilines is 1. The van der Waals surface area contributed by atoms with Gasteiger partial charge in [0.2, 0.25) is 0 Å². The number of nitrogens with zero attached hydrogens (tertiary/aromatic N) is 7. The third kappa shape index (κ3) is 4.72. The Morgan fingerprint density at radius 2 is 2.08 bits per heavy atom. The van der Waals surface area contributed by atoms with Crippen LogP contribution in [0.2, 0.25) is 0 Å². The van der Waals surface area contributed by atoms with Crippen molar-refractivity contribution < 1.29 is 4.79 Å². The highest BCUT2D eigenvalue weighted by Gasteiger charge is 2.46. The summed E-state index contributed by atoms with van der Waals surface area (Å²) in [5.74, 6) is 1.12.